The number of hydrogen-bond acceptors (Lipinski definition) is 4. The van der Waals surface area contributed by atoms with Crippen molar-refractivity contribution in [1.29, 1.82) is 0 Å². The number of rotatable bonds is 5. The summed E-state index contributed by atoms with van der Waals surface area (Å²) in [5.74, 6) is -1.57. The third kappa shape index (κ3) is 3.86. The van der Waals surface area contributed by atoms with Crippen molar-refractivity contribution in [1.82, 2.24) is 4.98 Å². The number of pyridine rings is 1. The highest BCUT2D eigenvalue weighted by Gasteiger charge is 2.15. The number of carbonyl (C=O) groups excluding carboxylic acids is 1. The molecule has 0 aliphatic heterocycles. The summed E-state index contributed by atoms with van der Waals surface area (Å²) < 4.78 is 4.88. The van der Waals surface area contributed by atoms with Crippen molar-refractivity contribution in [2.45, 2.75) is 20.3 Å². The predicted molar refractivity (Wildman–Crippen MR) is 60.7 cm³/mol. The van der Waals surface area contributed by atoms with E-state index in [0.717, 1.165) is 5.56 Å². The van der Waals surface area contributed by atoms with Crippen LogP contribution in [0.25, 0.3) is 0 Å². The summed E-state index contributed by atoms with van der Waals surface area (Å²) in [6, 6.07) is 3.09. The molecule has 1 unspecified atom stereocenters. The minimum absolute atomic E-state index is 0.00228. The van der Waals surface area contributed by atoms with E-state index in [9.17, 15) is 9.59 Å². The van der Waals surface area contributed by atoms with Gasteiger partial charge in [0.25, 0.3) is 0 Å². The van der Waals surface area contributed by atoms with Gasteiger partial charge in [0.1, 0.15) is 5.69 Å². The van der Waals surface area contributed by atoms with Crippen LogP contribution in [0.3, 0.4) is 0 Å². The van der Waals surface area contributed by atoms with Crippen molar-refractivity contribution in [2.75, 3.05) is 6.61 Å². The van der Waals surface area contributed by atoms with Crippen LogP contribution in [0, 0.1) is 5.92 Å². The van der Waals surface area contributed by atoms with Crippen molar-refractivity contribution in [3.63, 3.8) is 0 Å². The molecule has 0 aromatic carbocycles. The summed E-state index contributed by atoms with van der Waals surface area (Å²) in [4.78, 5) is 25.8. The van der Waals surface area contributed by atoms with Crippen LogP contribution < -0.4 is 0 Å². The van der Waals surface area contributed by atoms with Gasteiger partial charge in [0.05, 0.1) is 12.5 Å². The van der Waals surface area contributed by atoms with Gasteiger partial charge in [-0.3, -0.25) is 4.79 Å². The minimum atomic E-state index is -1.06. The third-order valence-electron chi connectivity index (χ3n) is 2.27. The Balaban J connectivity index is 2.63. The Morgan fingerprint density at radius 3 is 2.65 bits per heavy atom. The number of esters is 1. The quantitative estimate of drug-likeness (QED) is 0.786. The van der Waals surface area contributed by atoms with Crippen LogP contribution in [0.1, 0.15) is 29.9 Å². The Kier molecular flexibility index (Phi) is 4.63. The molecule has 0 amide bonds. The Hall–Kier alpha value is -1.91. The van der Waals surface area contributed by atoms with E-state index in [1.165, 1.54) is 12.3 Å². The van der Waals surface area contributed by atoms with Crippen LogP contribution in [-0.4, -0.2) is 28.6 Å². The van der Waals surface area contributed by atoms with E-state index in [1.54, 1.807) is 19.9 Å². The van der Waals surface area contributed by atoms with Gasteiger partial charge in [-0.1, -0.05) is 13.0 Å². The molecule has 5 nitrogen and oxygen atoms in total. The SMILES string of the molecule is CCOC(=O)C(C)Cc1ccc(C(=O)O)nc1. The topological polar surface area (TPSA) is 76.5 Å². The monoisotopic (exact) mass is 237 g/mol. The summed E-state index contributed by atoms with van der Waals surface area (Å²) in [6.07, 6.45) is 1.96. The first-order valence-electron chi connectivity index (χ1n) is 5.39. The van der Waals surface area contributed by atoms with E-state index in [1.807, 2.05) is 0 Å². The molecule has 0 saturated carbocycles. The van der Waals surface area contributed by atoms with Crippen LogP contribution >= 0.6 is 0 Å². The highest BCUT2D eigenvalue weighted by atomic mass is 16.5. The number of hydrogen-bond donors (Lipinski definition) is 1. The van der Waals surface area contributed by atoms with Crippen molar-refractivity contribution in [3.8, 4) is 0 Å². The van der Waals surface area contributed by atoms with Crippen LogP contribution in [0.2, 0.25) is 0 Å². The largest absolute Gasteiger partial charge is 0.477 e. The fourth-order valence-corrected chi connectivity index (χ4v) is 1.39. The van der Waals surface area contributed by atoms with E-state index in [4.69, 9.17) is 9.84 Å². The smallest absolute Gasteiger partial charge is 0.354 e. The fraction of sp³-hybridized carbons (Fsp3) is 0.417. The molecule has 1 N–H and O–H groups in total. The van der Waals surface area contributed by atoms with Gasteiger partial charge in [-0.2, -0.15) is 0 Å². The van der Waals surface area contributed by atoms with Gasteiger partial charge < -0.3 is 9.84 Å². The molecule has 0 saturated heterocycles. The molecule has 0 radical (unpaired) electrons. The average Bonchev–Trinajstić information content (AvgIpc) is 2.30. The van der Waals surface area contributed by atoms with Crippen molar-refractivity contribution in [2.24, 2.45) is 5.92 Å². The zero-order valence-electron chi connectivity index (χ0n) is 9.84. The van der Waals surface area contributed by atoms with E-state index in [2.05, 4.69) is 4.98 Å². The molecule has 1 rings (SSSR count). The molecule has 1 atom stereocenters. The molecule has 92 valence electrons. The zero-order chi connectivity index (χ0) is 12.8. The Morgan fingerprint density at radius 1 is 1.47 bits per heavy atom. The Bertz CT molecular complexity index is 399. The van der Waals surface area contributed by atoms with Crippen LogP contribution in [-0.2, 0) is 16.0 Å². The molecule has 1 aromatic heterocycles. The second-order valence-electron chi connectivity index (χ2n) is 3.71. The van der Waals surface area contributed by atoms with Crippen LogP contribution in [0.5, 0.6) is 0 Å². The van der Waals surface area contributed by atoms with Crippen molar-refractivity contribution in [3.05, 3.63) is 29.6 Å². The van der Waals surface area contributed by atoms with E-state index >= 15 is 0 Å². The van der Waals surface area contributed by atoms with Crippen LogP contribution in [0.4, 0.5) is 0 Å². The fourth-order valence-electron chi connectivity index (χ4n) is 1.39. The van der Waals surface area contributed by atoms with Gasteiger partial charge in [0.2, 0.25) is 0 Å². The molecule has 5 heteroatoms. The lowest BCUT2D eigenvalue weighted by Gasteiger charge is -2.09. The molecule has 0 aliphatic rings. The van der Waals surface area contributed by atoms with Crippen molar-refractivity contribution >= 4 is 11.9 Å². The number of aromatic nitrogens is 1. The second-order valence-corrected chi connectivity index (χ2v) is 3.71. The number of ether oxygens (including phenoxy) is 1. The van der Waals surface area contributed by atoms with E-state index in [-0.39, 0.29) is 17.6 Å². The maximum Gasteiger partial charge on any atom is 0.354 e. The first kappa shape index (κ1) is 13.2. The van der Waals surface area contributed by atoms with Gasteiger partial charge in [-0.05, 0) is 25.0 Å². The molecule has 0 spiro atoms. The van der Waals surface area contributed by atoms with Crippen molar-refractivity contribution < 1.29 is 19.4 Å². The number of aromatic carboxylic acids is 1. The first-order valence-corrected chi connectivity index (χ1v) is 5.39. The standard InChI is InChI=1S/C12H15NO4/c1-3-17-12(16)8(2)6-9-4-5-10(11(14)15)13-7-9/h4-5,7-8H,3,6H2,1-2H3,(H,14,15). The van der Waals surface area contributed by atoms with E-state index in [0.29, 0.717) is 13.0 Å². The Labute approximate surface area is 99.4 Å². The molecular formula is C12H15NO4. The van der Waals surface area contributed by atoms with E-state index < -0.39 is 5.97 Å². The number of carboxylic acids is 1. The lowest BCUT2D eigenvalue weighted by Crippen LogP contribution is -2.17. The Morgan fingerprint density at radius 2 is 2.18 bits per heavy atom. The summed E-state index contributed by atoms with van der Waals surface area (Å²) >= 11 is 0. The summed E-state index contributed by atoms with van der Waals surface area (Å²) in [7, 11) is 0. The van der Waals surface area contributed by atoms with Gasteiger partial charge >= 0.3 is 11.9 Å². The van der Waals surface area contributed by atoms with Gasteiger partial charge in [0, 0.05) is 6.20 Å². The predicted octanol–water partition coefficient (Wildman–Crippen LogP) is 1.52. The molecule has 0 fully saturated rings. The van der Waals surface area contributed by atoms with Crippen LogP contribution in [0.15, 0.2) is 18.3 Å². The molecule has 17 heavy (non-hydrogen) atoms. The number of nitrogens with zero attached hydrogens (tertiary/aromatic N) is 1. The normalized spacial score (nSPS) is 11.9. The number of carboxylic acid groups (broad SMARTS) is 1. The second kappa shape index (κ2) is 5.98. The lowest BCUT2D eigenvalue weighted by molar-refractivity contribution is -0.147. The average molecular weight is 237 g/mol. The van der Waals surface area contributed by atoms with Gasteiger partial charge in [-0.25, -0.2) is 9.78 Å². The highest BCUT2D eigenvalue weighted by Crippen LogP contribution is 2.10. The first-order chi connectivity index (χ1) is 8.04. The lowest BCUT2D eigenvalue weighted by atomic mass is 10.0. The maximum atomic E-state index is 11.4. The third-order valence-corrected chi connectivity index (χ3v) is 2.27. The zero-order valence-corrected chi connectivity index (χ0v) is 9.84. The summed E-state index contributed by atoms with van der Waals surface area (Å²) in [5.41, 5.74) is 0.813. The molecule has 1 heterocycles. The maximum absolute atomic E-state index is 11.4. The summed E-state index contributed by atoms with van der Waals surface area (Å²) in [6.45, 7) is 3.89. The summed E-state index contributed by atoms with van der Waals surface area (Å²) in [5, 5.41) is 8.68. The molecule has 1 aromatic rings. The number of carbonyl (C=O) groups is 2. The minimum Gasteiger partial charge on any atom is -0.477 e. The molecular weight excluding hydrogens is 222 g/mol. The van der Waals surface area contributed by atoms with Gasteiger partial charge in [-0.15, -0.1) is 0 Å². The molecule has 0 bridgehead atoms. The van der Waals surface area contributed by atoms with Gasteiger partial charge in [0.15, 0.2) is 0 Å². The molecule has 0 aliphatic carbocycles. The highest BCUT2D eigenvalue weighted by molar-refractivity contribution is 5.85.